The van der Waals surface area contributed by atoms with Crippen LogP contribution in [0.5, 0.6) is 5.75 Å². The highest BCUT2D eigenvalue weighted by molar-refractivity contribution is 7.82. The van der Waals surface area contributed by atoms with E-state index in [9.17, 15) is 22.6 Å². The highest BCUT2D eigenvalue weighted by Gasteiger charge is 2.31. The van der Waals surface area contributed by atoms with Crippen LogP contribution in [0.2, 0.25) is 0 Å². The number of amides is 2. The van der Waals surface area contributed by atoms with Gasteiger partial charge in [0, 0.05) is 70.2 Å². The van der Waals surface area contributed by atoms with Gasteiger partial charge < -0.3 is 20.2 Å². The molecule has 1 atom stereocenters. The van der Waals surface area contributed by atoms with E-state index in [0.717, 1.165) is 61.5 Å². The van der Waals surface area contributed by atoms with Gasteiger partial charge in [0.25, 0.3) is 0 Å². The molecule has 0 saturated carbocycles. The molecule has 0 aliphatic carbocycles. The summed E-state index contributed by atoms with van der Waals surface area (Å²) in [6.45, 7) is 4.58. The first-order chi connectivity index (χ1) is 26.4. The maximum absolute atomic E-state index is 13.6. The normalized spacial score (nSPS) is 16.7. The van der Waals surface area contributed by atoms with Gasteiger partial charge in [-0.3, -0.25) is 14.5 Å². The molecule has 13 nitrogen and oxygen atoms in total. The van der Waals surface area contributed by atoms with Crippen molar-refractivity contribution in [3.63, 3.8) is 0 Å². The molecule has 2 amide bonds. The Morgan fingerprint density at radius 2 is 1.82 bits per heavy atom. The fourth-order valence-corrected chi connectivity index (χ4v) is 8.40. The fraction of sp³-hybridized carbons (Fsp3) is 0.462. The zero-order valence-corrected chi connectivity index (χ0v) is 32.3. The van der Waals surface area contributed by atoms with Gasteiger partial charge in [0.05, 0.1) is 28.3 Å². The second-order valence-electron chi connectivity index (χ2n) is 14.2. The number of hydrogen-bond acceptors (Lipinski definition) is 9. The molecule has 2 N–H and O–H groups in total. The number of hydrogen-bond donors (Lipinski definition) is 2. The number of benzene rings is 2. The minimum atomic E-state index is -2.93. The van der Waals surface area contributed by atoms with Crippen LogP contribution in [-0.2, 0) is 22.8 Å². The van der Waals surface area contributed by atoms with Crippen molar-refractivity contribution in [3.05, 3.63) is 66.0 Å². The SMILES string of the molecule is CNC(=O)N(CCC=O)c1nn(C)c2cc(C3CCN(C(C)(C)C#Cc4cccc(S(=O)N5CCC(Nc6ncc(OC(F)F)cn6)CC5)c4)CC3)ccc12. The molecule has 2 saturated heterocycles. The zero-order chi connectivity index (χ0) is 39.1. The Morgan fingerprint density at radius 1 is 1.09 bits per heavy atom. The molecular formula is C39H47F2N9O4S. The molecule has 1 unspecified atom stereocenters. The van der Waals surface area contributed by atoms with Gasteiger partial charge in [-0.2, -0.15) is 13.9 Å². The van der Waals surface area contributed by atoms with Gasteiger partial charge >= 0.3 is 12.6 Å². The number of alkyl halides is 2. The van der Waals surface area contributed by atoms with Gasteiger partial charge in [-0.25, -0.2) is 23.3 Å². The third kappa shape index (κ3) is 9.64. The molecular weight excluding hydrogens is 729 g/mol. The summed E-state index contributed by atoms with van der Waals surface area (Å²) in [5.74, 6) is 7.98. The van der Waals surface area contributed by atoms with Crippen molar-refractivity contribution in [3.8, 4) is 17.6 Å². The van der Waals surface area contributed by atoms with E-state index in [4.69, 9.17) is 0 Å². The quantitative estimate of drug-likeness (QED) is 0.145. The number of aryl methyl sites for hydroxylation is 1. The maximum atomic E-state index is 13.6. The number of urea groups is 1. The fourth-order valence-electron chi connectivity index (χ4n) is 7.14. The van der Waals surface area contributed by atoms with Crippen molar-refractivity contribution in [2.45, 2.75) is 75.0 Å². The van der Waals surface area contributed by atoms with Crippen LogP contribution < -0.4 is 20.3 Å². The number of aromatic nitrogens is 4. The third-order valence-electron chi connectivity index (χ3n) is 10.2. The Bertz CT molecular complexity index is 2050. The summed E-state index contributed by atoms with van der Waals surface area (Å²) < 4.78 is 46.4. The lowest BCUT2D eigenvalue weighted by atomic mass is 9.87. The van der Waals surface area contributed by atoms with Crippen LogP contribution in [0.25, 0.3) is 10.9 Å². The molecule has 6 rings (SSSR count). The van der Waals surface area contributed by atoms with Crippen LogP contribution in [0, 0.1) is 11.8 Å². The molecule has 4 heterocycles. The lowest BCUT2D eigenvalue weighted by Crippen LogP contribution is -2.47. The Labute approximate surface area is 322 Å². The van der Waals surface area contributed by atoms with Gasteiger partial charge in [0.2, 0.25) is 5.95 Å². The summed E-state index contributed by atoms with van der Waals surface area (Å²) in [5, 5.41) is 11.4. The molecule has 0 spiro atoms. The van der Waals surface area contributed by atoms with E-state index >= 15 is 0 Å². The van der Waals surface area contributed by atoms with Crippen LogP contribution in [0.4, 0.5) is 25.3 Å². The number of rotatable bonds is 12. The topological polar surface area (TPSA) is 138 Å². The van der Waals surface area contributed by atoms with E-state index in [-0.39, 0.29) is 36.3 Å². The molecule has 2 fully saturated rings. The molecule has 2 aliphatic rings. The molecule has 2 aliphatic heterocycles. The van der Waals surface area contributed by atoms with E-state index in [1.807, 2.05) is 41.7 Å². The van der Waals surface area contributed by atoms with Crippen molar-refractivity contribution < 1.29 is 27.3 Å². The predicted octanol–water partition coefficient (Wildman–Crippen LogP) is 5.31. The van der Waals surface area contributed by atoms with Crippen molar-refractivity contribution in [2.75, 3.05) is 50.0 Å². The summed E-state index contributed by atoms with van der Waals surface area (Å²) in [7, 11) is 2.09. The van der Waals surface area contributed by atoms with Gasteiger partial charge in [-0.05, 0) is 81.3 Å². The summed E-state index contributed by atoms with van der Waals surface area (Å²) in [6, 6.07) is 13.7. The molecule has 0 bridgehead atoms. The van der Waals surface area contributed by atoms with Crippen LogP contribution in [-0.4, -0.2) is 103 Å². The number of anilines is 2. The summed E-state index contributed by atoms with van der Waals surface area (Å²) in [5.41, 5.74) is 2.61. The number of nitrogens with one attached hydrogen (secondary N) is 2. The average Bonchev–Trinajstić information content (AvgIpc) is 3.52. The number of likely N-dealkylation sites (tertiary alicyclic amines) is 1. The van der Waals surface area contributed by atoms with Crippen molar-refractivity contribution in [1.82, 2.24) is 34.3 Å². The number of piperidine rings is 2. The molecule has 4 aromatic rings. The van der Waals surface area contributed by atoms with Gasteiger partial charge in [-0.1, -0.05) is 24.0 Å². The molecule has 0 radical (unpaired) electrons. The Kier molecular flexibility index (Phi) is 12.7. The summed E-state index contributed by atoms with van der Waals surface area (Å²) in [6.07, 6.45) is 6.82. The van der Waals surface area contributed by atoms with E-state index < -0.39 is 17.6 Å². The van der Waals surface area contributed by atoms with E-state index in [2.05, 4.69) is 73.2 Å². The number of aldehydes is 1. The first-order valence-corrected chi connectivity index (χ1v) is 19.5. The number of halogens is 2. The highest BCUT2D eigenvalue weighted by Crippen LogP contribution is 2.35. The molecule has 2 aromatic carbocycles. The van der Waals surface area contributed by atoms with Crippen LogP contribution >= 0.6 is 0 Å². The monoisotopic (exact) mass is 775 g/mol. The predicted molar refractivity (Wildman–Crippen MR) is 207 cm³/mol. The van der Waals surface area contributed by atoms with Gasteiger partial charge in [0.15, 0.2) is 11.6 Å². The van der Waals surface area contributed by atoms with Crippen molar-refractivity contribution >= 4 is 46.0 Å². The van der Waals surface area contributed by atoms with Gasteiger partial charge in [0.1, 0.15) is 17.3 Å². The van der Waals surface area contributed by atoms with Gasteiger partial charge in [-0.15, -0.1) is 0 Å². The van der Waals surface area contributed by atoms with E-state index in [1.165, 1.54) is 22.9 Å². The second-order valence-corrected chi connectivity index (χ2v) is 15.7. The minimum absolute atomic E-state index is 0.0610. The summed E-state index contributed by atoms with van der Waals surface area (Å²) >= 11 is 0. The first-order valence-electron chi connectivity index (χ1n) is 18.4. The van der Waals surface area contributed by atoms with Crippen LogP contribution in [0.15, 0.2) is 59.8 Å². The molecule has 16 heteroatoms. The van der Waals surface area contributed by atoms with E-state index in [0.29, 0.717) is 35.7 Å². The minimum Gasteiger partial charge on any atom is -0.432 e. The molecule has 292 valence electrons. The molecule has 55 heavy (non-hydrogen) atoms. The Morgan fingerprint density at radius 3 is 2.49 bits per heavy atom. The zero-order valence-electron chi connectivity index (χ0n) is 31.5. The van der Waals surface area contributed by atoms with E-state index in [1.54, 1.807) is 11.7 Å². The third-order valence-corrected chi connectivity index (χ3v) is 11.7. The smallest absolute Gasteiger partial charge is 0.387 e. The number of carbonyl (C=O) groups is 2. The van der Waals surface area contributed by atoms with Crippen molar-refractivity contribution in [2.24, 2.45) is 7.05 Å². The lowest BCUT2D eigenvalue weighted by molar-refractivity contribution is -0.107. The first kappa shape index (κ1) is 39.7. The van der Waals surface area contributed by atoms with Crippen molar-refractivity contribution in [1.29, 1.82) is 0 Å². The largest absolute Gasteiger partial charge is 0.432 e. The second kappa shape index (κ2) is 17.7. The average molecular weight is 776 g/mol. The maximum Gasteiger partial charge on any atom is 0.387 e. The standard InChI is InChI=1S/C39H47F2N9O4S/c1-39(2,48-18-12-28(13-19-48)29-9-10-33-34(24-29)47(4)46-35(33)50(17-6-22-51)38(52)42-3)16-11-27-7-5-8-32(23-27)55(53)49-20-14-30(15-21-49)45-37-43-25-31(26-44-37)54-36(40)41/h5,7-10,22-26,28,30,36H,6,12-15,17-21H2,1-4H3,(H,42,52)(H,43,44,45). The molecule has 2 aromatic heterocycles. The Hall–Kier alpha value is -4.98. The Balaban J connectivity index is 1.03. The lowest BCUT2D eigenvalue weighted by Gasteiger charge is -2.40. The number of ether oxygens (including phenoxy) is 1. The summed E-state index contributed by atoms with van der Waals surface area (Å²) in [4.78, 5) is 36.4. The number of nitrogens with zero attached hydrogens (tertiary/aromatic N) is 7. The number of carbonyl (C=O) groups excluding carboxylic acids is 2. The number of fused-ring (bicyclic) bond motifs is 1. The van der Waals surface area contributed by atoms with Crippen LogP contribution in [0.3, 0.4) is 0 Å². The highest BCUT2D eigenvalue weighted by atomic mass is 32.2. The van der Waals surface area contributed by atoms with Crippen LogP contribution in [0.1, 0.15) is 63.0 Å².